The molecule has 1 unspecified atom stereocenters. The zero-order valence-corrected chi connectivity index (χ0v) is 15.9. The van der Waals surface area contributed by atoms with E-state index in [1.54, 1.807) is 0 Å². The molecule has 0 fully saturated rings. The molecule has 0 aliphatic heterocycles. The van der Waals surface area contributed by atoms with E-state index in [4.69, 9.17) is 0 Å². The number of hydrogen-bond donors (Lipinski definition) is 1. The van der Waals surface area contributed by atoms with Crippen LogP contribution in [0.2, 0.25) is 0 Å². The lowest BCUT2D eigenvalue weighted by Crippen LogP contribution is -2.24. The number of benzene rings is 1. The van der Waals surface area contributed by atoms with Crippen molar-refractivity contribution in [1.29, 1.82) is 0 Å². The van der Waals surface area contributed by atoms with Gasteiger partial charge in [0, 0.05) is 30.3 Å². The highest BCUT2D eigenvalue weighted by Gasteiger charge is 2.17. The summed E-state index contributed by atoms with van der Waals surface area (Å²) in [4.78, 5) is 2.72. The van der Waals surface area contributed by atoms with Crippen molar-refractivity contribution in [2.75, 3.05) is 6.54 Å². The maximum absolute atomic E-state index is 3.65. The van der Waals surface area contributed by atoms with Crippen LogP contribution in [0.4, 0.5) is 0 Å². The quantitative estimate of drug-likeness (QED) is 0.607. The van der Waals surface area contributed by atoms with E-state index in [9.17, 15) is 0 Å². The zero-order chi connectivity index (χ0) is 14.7. The molecule has 0 saturated carbocycles. The van der Waals surface area contributed by atoms with E-state index in [0.717, 1.165) is 15.5 Å². The fraction of sp³-hybridized carbons (Fsp3) is 0.375. The molecule has 0 aliphatic rings. The van der Waals surface area contributed by atoms with Crippen LogP contribution in [0, 0.1) is 5.92 Å². The second-order valence-electron chi connectivity index (χ2n) is 5.11. The number of rotatable bonds is 5. The lowest BCUT2D eigenvalue weighted by Gasteiger charge is -2.20. The van der Waals surface area contributed by atoms with Crippen molar-refractivity contribution in [1.82, 2.24) is 5.32 Å². The summed E-state index contributed by atoms with van der Waals surface area (Å²) >= 11 is 9.03. The third-order valence-corrected chi connectivity index (χ3v) is 5.57. The fourth-order valence-electron chi connectivity index (χ4n) is 2.24. The summed E-state index contributed by atoms with van der Waals surface area (Å²) in [7, 11) is 0. The van der Waals surface area contributed by atoms with E-state index < -0.39 is 0 Å². The monoisotopic (exact) mass is 415 g/mol. The van der Waals surface area contributed by atoms with Crippen LogP contribution in [0.15, 0.2) is 39.3 Å². The van der Waals surface area contributed by atoms with E-state index in [-0.39, 0.29) is 0 Å². The number of nitrogens with one attached hydrogen (secondary N) is 1. The number of halogens is 2. The topological polar surface area (TPSA) is 12.0 Å². The minimum atomic E-state index is 0.438. The molecule has 2 rings (SSSR count). The van der Waals surface area contributed by atoms with Crippen LogP contribution >= 0.6 is 43.2 Å². The lowest BCUT2D eigenvalue weighted by molar-refractivity contribution is 0.428. The molecule has 0 radical (unpaired) electrons. The van der Waals surface area contributed by atoms with Crippen LogP contribution in [0.25, 0.3) is 10.4 Å². The molecular formula is C16H19Br2NS. The standard InChI is InChI=1S/C16H19Br2NS/c1-4-19-16(10(2)3)15-8-7-14(20-15)12-6-5-11(17)9-13(12)18/h5-10,16,19H,4H2,1-3H3. The number of thiophene rings is 1. The predicted octanol–water partition coefficient (Wildman–Crippen LogP) is 6.25. The van der Waals surface area contributed by atoms with Crippen LogP contribution in [0.3, 0.4) is 0 Å². The van der Waals surface area contributed by atoms with E-state index in [2.05, 4.69) is 88.3 Å². The van der Waals surface area contributed by atoms with E-state index >= 15 is 0 Å². The first-order chi connectivity index (χ1) is 9.52. The summed E-state index contributed by atoms with van der Waals surface area (Å²) in [6.07, 6.45) is 0. The molecule has 1 N–H and O–H groups in total. The van der Waals surface area contributed by atoms with Crippen LogP contribution in [0.1, 0.15) is 31.7 Å². The molecule has 1 heterocycles. The molecule has 0 saturated heterocycles. The SMILES string of the molecule is CCNC(c1ccc(-c2ccc(Br)cc2Br)s1)C(C)C. The van der Waals surface area contributed by atoms with Gasteiger partial charge in [-0.15, -0.1) is 11.3 Å². The Morgan fingerprint density at radius 2 is 1.90 bits per heavy atom. The van der Waals surface area contributed by atoms with Crippen molar-refractivity contribution in [3.63, 3.8) is 0 Å². The van der Waals surface area contributed by atoms with E-state index in [1.807, 2.05) is 11.3 Å². The summed E-state index contributed by atoms with van der Waals surface area (Å²) in [6, 6.07) is 11.3. The van der Waals surface area contributed by atoms with Gasteiger partial charge in [0.15, 0.2) is 0 Å². The fourth-order valence-corrected chi connectivity index (χ4v) is 4.93. The van der Waals surface area contributed by atoms with Gasteiger partial charge in [0.25, 0.3) is 0 Å². The molecule has 1 aromatic carbocycles. The highest BCUT2D eigenvalue weighted by Crippen LogP contribution is 2.38. The zero-order valence-electron chi connectivity index (χ0n) is 11.9. The molecule has 0 bridgehead atoms. The van der Waals surface area contributed by atoms with Crippen LogP contribution < -0.4 is 5.32 Å². The van der Waals surface area contributed by atoms with Crippen molar-refractivity contribution in [2.45, 2.75) is 26.8 Å². The number of hydrogen-bond acceptors (Lipinski definition) is 2. The first-order valence-corrected chi connectivity index (χ1v) is 9.21. The molecule has 1 aromatic heterocycles. The smallest absolute Gasteiger partial charge is 0.0438 e. The Kier molecular flexibility index (Phi) is 5.84. The molecule has 4 heteroatoms. The summed E-state index contributed by atoms with van der Waals surface area (Å²) in [5.41, 5.74) is 1.25. The van der Waals surface area contributed by atoms with Gasteiger partial charge in [-0.05, 0) is 36.7 Å². The summed E-state index contributed by atoms with van der Waals surface area (Å²) < 4.78 is 2.22. The van der Waals surface area contributed by atoms with Gasteiger partial charge in [-0.3, -0.25) is 0 Å². The third-order valence-electron chi connectivity index (χ3n) is 3.22. The summed E-state index contributed by atoms with van der Waals surface area (Å²) in [5.74, 6) is 0.592. The van der Waals surface area contributed by atoms with Crippen molar-refractivity contribution >= 4 is 43.2 Å². The van der Waals surface area contributed by atoms with Crippen LogP contribution in [0.5, 0.6) is 0 Å². The van der Waals surface area contributed by atoms with Crippen molar-refractivity contribution in [3.8, 4) is 10.4 Å². The van der Waals surface area contributed by atoms with Gasteiger partial charge >= 0.3 is 0 Å². The molecular weight excluding hydrogens is 398 g/mol. The summed E-state index contributed by atoms with van der Waals surface area (Å²) in [6.45, 7) is 7.69. The van der Waals surface area contributed by atoms with Crippen molar-refractivity contribution < 1.29 is 0 Å². The van der Waals surface area contributed by atoms with Gasteiger partial charge in [-0.1, -0.05) is 58.7 Å². The van der Waals surface area contributed by atoms with Gasteiger partial charge in [0.2, 0.25) is 0 Å². The van der Waals surface area contributed by atoms with Gasteiger partial charge in [0.05, 0.1) is 0 Å². The van der Waals surface area contributed by atoms with Crippen molar-refractivity contribution in [3.05, 3.63) is 44.2 Å². The minimum Gasteiger partial charge on any atom is -0.309 e. The van der Waals surface area contributed by atoms with E-state index in [0.29, 0.717) is 12.0 Å². The maximum Gasteiger partial charge on any atom is 0.0438 e. The van der Waals surface area contributed by atoms with E-state index in [1.165, 1.54) is 15.3 Å². The molecule has 108 valence electrons. The second-order valence-corrected chi connectivity index (χ2v) is 7.99. The van der Waals surface area contributed by atoms with Gasteiger partial charge < -0.3 is 5.32 Å². The minimum absolute atomic E-state index is 0.438. The highest BCUT2D eigenvalue weighted by atomic mass is 79.9. The predicted molar refractivity (Wildman–Crippen MR) is 96.4 cm³/mol. The van der Waals surface area contributed by atoms with Crippen LogP contribution in [-0.4, -0.2) is 6.54 Å². The van der Waals surface area contributed by atoms with Gasteiger partial charge in [-0.25, -0.2) is 0 Å². The first-order valence-electron chi connectivity index (χ1n) is 6.81. The molecule has 1 atom stereocenters. The maximum atomic E-state index is 3.65. The summed E-state index contributed by atoms with van der Waals surface area (Å²) in [5, 5.41) is 3.58. The highest BCUT2D eigenvalue weighted by molar-refractivity contribution is 9.11. The Bertz CT molecular complexity index is 578. The Hall–Kier alpha value is -0.160. The average molecular weight is 417 g/mol. The molecule has 1 nitrogen and oxygen atoms in total. The lowest BCUT2D eigenvalue weighted by atomic mass is 10.0. The Morgan fingerprint density at radius 3 is 2.50 bits per heavy atom. The molecule has 20 heavy (non-hydrogen) atoms. The Labute approximate surface area is 142 Å². The molecule has 2 aromatic rings. The first kappa shape index (κ1) is 16.2. The van der Waals surface area contributed by atoms with Gasteiger partial charge in [-0.2, -0.15) is 0 Å². The van der Waals surface area contributed by atoms with Crippen molar-refractivity contribution in [2.24, 2.45) is 5.92 Å². The molecule has 0 amide bonds. The molecule has 0 spiro atoms. The molecule has 0 aliphatic carbocycles. The normalized spacial score (nSPS) is 12.9. The third kappa shape index (κ3) is 3.73. The van der Waals surface area contributed by atoms with Crippen LogP contribution in [-0.2, 0) is 0 Å². The second kappa shape index (κ2) is 7.21. The Balaban J connectivity index is 2.32. The largest absolute Gasteiger partial charge is 0.309 e. The van der Waals surface area contributed by atoms with Gasteiger partial charge in [0.1, 0.15) is 0 Å². The average Bonchev–Trinajstić information content (AvgIpc) is 2.84. The Morgan fingerprint density at radius 1 is 1.15 bits per heavy atom.